The van der Waals surface area contributed by atoms with Gasteiger partial charge in [-0.25, -0.2) is 0 Å². The fraction of sp³-hybridized carbons (Fsp3) is 0.500. The van der Waals surface area contributed by atoms with Gasteiger partial charge >= 0.3 is 0 Å². The zero-order valence-corrected chi connectivity index (χ0v) is 7.83. The summed E-state index contributed by atoms with van der Waals surface area (Å²) in [7, 11) is 0. The number of hydrogen-bond acceptors (Lipinski definition) is 2. The van der Waals surface area contributed by atoms with Gasteiger partial charge in [-0.15, -0.1) is 0 Å². The summed E-state index contributed by atoms with van der Waals surface area (Å²) >= 11 is 0. The molecule has 1 atom stereocenters. The molecular formula is C10H15NO. The Balaban J connectivity index is 2.96. The van der Waals surface area contributed by atoms with E-state index in [4.69, 9.17) is 0 Å². The van der Waals surface area contributed by atoms with E-state index >= 15 is 0 Å². The van der Waals surface area contributed by atoms with E-state index < -0.39 is 5.60 Å². The molecule has 2 nitrogen and oxygen atoms in total. The first-order chi connectivity index (χ1) is 5.56. The lowest BCUT2D eigenvalue weighted by Gasteiger charge is -2.20. The van der Waals surface area contributed by atoms with Gasteiger partial charge in [-0.3, -0.25) is 4.98 Å². The van der Waals surface area contributed by atoms with Crippen LogP contribution in [-0.4, -0.2) is 10.1 Å². The van der Waals surface area contributed by atoms with Crippen LogP contribution in [0, 0.1) is 6.92 Å². The zero-order valence-electron chi connectivity index (χ0n) is 7.83. The van der Waals surface area contributed by atoms with E-state index in [1.54, 1.807) is 13.1 Å². The van der Waals surface area contributed by atoms with Crippen molar-refractivity contribution >= 4 is 0 Å². The first kappa shape index (κ1) is 9.20. The van der Waals surface area contributed by atoms with Crippen molar-refractivity contribution in [2.75, 3.05) is 0 Å². The maximum atomic E-state index is 9.82. The Morgan fingerprint density at radius 1 is 1.50 bits per heavy atom. The monoisotopic (exact) mass is 165 g/mol. The number of aryl methyl sites for hydroxylation is 1. The highest BCUT2D eigenvalue weighted by molar-refractivity contribution is 5.16. The van der Waals surface area contributed by atoms with Crippen molar-refractivity contribution < 1.29 is 5.11 Å². The van der Waals surface area contributed by atoms with Gasteiger partial charge in [-0.2, -0.15) is 0 Å². The molecule has 66 valence electrons. The van der Waals surface area contributed by atoms with Gasteiger partial charge in [0.15, 0.2) is 0 Å². The number of aliphatic hydroxyl groups is 1. The predicted octanol–water partition coefficient (Wildman–Crippen LogP) is 2.01. The molecule has 1 heterocycles. The molecule has 0 amide bonds. The molecule has 1 aromatic rings. The Bertz CT molecular complexity index is 251. The molecule has 12 heavy (non-hydrogen) atoms. The minimum Gasteiger partial charge on any atom is -0.384 e. The molecule has 0 aliphatic heterocycles. The lowest BCUT2D eigenvalue weighted by Crippen LogP contribution is -2.21. The molecule has 0 aliphatic rings. The second-order valence-corrected chi connectivity index (χ2v) is 3.35. The summed E-state index contributed by atoms with van der Waals surface area (Å²) < 4.78 is 0. The summed E-state index contributed by atoms with van der Waals surface area (Å²) in [6, 6.07) is 3.84. The highest BCUT2D eigenvalue weighted by Gasteiger charge is 2.21. The lowest BCUT2D eigenvalue weighted by molar-refractivity contribution is 0.0485. The summed E-state index contributed by atoms with van der Waals surface area (Å²) in [6.45, 7) is 5.71. The van der Waals surface area contributed by atoms with E-state index in [1.807, 2.05) is 26.0 Å². The molecule has 0 saturated carbocycles. The zero-order chi connectivity index (χ0) is 9.19. The number of pyridine rings is 1. The van der Waals surface area contributed by atoms with E-state index in [1.165, 1.54) is 0 Å². The summed E-state index contributed by atoms with van der Waals surface area (Å²) in [4.78, 5) is 4.17. The Kier molecular flexibility index (Phi) is 2.48. The van der Waals surface area contributed by atoms with Crippen LogP contribution in [0.25, 0.3) is 0 Å². The number of rotatable bonds is 2. The molecule has 0 aliphatic carbocycles. The molecule has 0 radical (unpaired) electrons. The van der Waals surface area contributed by atoms with E-state index in [0.717, 1.165) is 11.3 Å². The van der Waals surface area contributed by atoms with Crippen LogP contribution in [0.2, 0.25) is 0 Å². The third kappa shape index (κ3) is 1.83. The van der Waals surface area contributed by atoms with Gasteiger partial charge in [0, 0.05) is 6.20 Å². The van der Waals surface area contributed by atoms with Crippen LogP contribution >= 0.6 is 0 Å². The van der Waals surface area contributed by atoms with E-state index in [9.17, 15) is 5.11 Å². The molecule has 1 rings (SSSR count). The van der Waals surface area contributed by atoms with Gasteiger partial charge in [0.1, 0.15) is 5.60 Å². The van der Waals surface area contributed by atoms with E-state index in [2.05, 4.69) is 4.98 Å². The minimum absolute atomic E-state index is 0.684. The number of nitrogens with zero attached hydrogens (tertiary/aromatic N) is 1. The number of hydrogen-bond donors (Lipinski definition) is 1. The molecule has 0 bridgehead atoms. The standard InChI is InChI=1S/C10H15NO/c1-4-10(3,12)9-6-5-8(2)7-11-9/h5-7,12H,4H2,1-3H3. The molecule has 1 aromatic heterocycles. The van der Waals surface area contributed by atoms with Crippen molar-refractivity contribution in [3.8, 4) is 0 Å². The average molecular weight is 165 g/mol. The van der Waals surface area contributed by atoms with Crippen LogP contribution in [0.5, 0.6) is 0 Å². The van der Waals surface area contributed by atoms with Gasteiger partial charge < -0.3 is 5.11 Å². The van der Waals surface area contributed by atoms with Crippen molar-refractivity contribution in [1.29, 1.82) is 0 Å². The molecule has 0 aromatic carbocycles. The fourth-order valence-electron chi connectivity index (χ4n) is 0.968. The Hall–Kier alpha value is -0.890. The topological polar surface area (TPSA) is 33.1 Å². The minimum atomic E-state index is -0.784. The SMILES string of the molecule is CCC(C)(O)c1ccc(C)cn1. The van der Waals surface area contributed by atoms with E-state index in [0.29, 0.717) is 6.42 Å². The molecule has 1 N–H and O–H groups in total. The second-order valence-electron chi connectivity index (χ2n) is 3.35. The molecule has 0 spiro atoms. The van der Waals surface area contributed by atoms with Crippen molar-refractivity contribution in [3.05, 3.63) is 29.6 Å². The van der Waals surface area contributed by atoms with Crippen molar-refractivity contribution in [2.45, 2.75) is 32.8 Å². The molecular weight excluding hydrogens is 150 g/mol. The maximum absolute atomic E-state index is 9.82. The van der Waals surface area contributed by atoms with Crippen LogP contribution < -0.4 is 0 Å². The Morgan fingerprint density at radius 3 is 2.58 bits per heavy atom. The highest BCUT2D eigenvalue weighted by atomic mass is 16.3. The van der Waals surface area contributed by atoms with Crippen LogP contribution in [0.3, 0.4) is 0 Å². The normalized spacial score (nSPS) is 15.7. The Morgan fingerprint density at radius 2 is 2.17 bits per heavy atom. The summed E-state index contributed by atoms with van der Waals surface area (Å²) in [6.07, 6.45) is 2.46. The van der Waals surface area contributed by atoms with Gasteiger partial charge in [0.05, 0.1) is 5.69 Å². The van der Waals surface area contributed by atoms with Crippen LogP contribution in [0.1, 0.15) is 31.5 Å². The number of aromatic nitrogens is 1. The van der Waals surface area contributed by atoms with Crippen LogP contribution in [0.4, 0.5) is 0 Å². The maximum Gasteiger partial charge on any atom is 0.103 e. The third-order valence-corrected chi connectivity index (χ3v) is 2.15. The molecule has 2 heteroatoms. The van der Waals surface area contributed by atoms with Crippen molar-refractivity contribution in [1.82, 2.24) is 4.98 Å². The predicted molar refractivity (Wildman–Crippen MR) is 48.8 cm³/mol. The Labute approximate surface area is 73.3 Å². The smallest absolute Gasteiger partial charge is 0.103 e. The third-order valence-electron chi connectivity index (χ3n) is 2.15. The molecule has 0 saturated heterocycles. The second kappa shape index (κ2) is 3.23. The van der Waals surface area contributed by atoms with Crippen LogP contribution in [0.15, 0.2) is 18.3 Å². The largest absolute Gasteiger partial charge is 0.384 e. The average Bonchev–Trinajstić information content (AvgIpc) is 2.05. The molecule has 0 fully saturated rings. The van der Waals surface area contributed by atoms with Gasteiger partial charge in [0.2, 0.25) is 0 Å². The quantitative estimate of drug-likeness (QED) is 0.727. The molecule has 1 unspecified atom stereocenters. The van der Waals surface area contributed by atoms with Gasteiger partial charge in [0.25, 0.3) is 0 Å². The summed E-state index contributed by atoms with van der Waals surface area (Å²) in [5.74, 6) is 0. The van der Waals surface area contributed by atoms with Crippen LogP contribution in [-0.2, 0) is 5.60 Å². The van der Waals surface area contributed by atoms with Crippen molar-refractivity contribution in [3.63, 3.8) is 0 Å². The first-order valence-electron chi connectivity index (χ1n) is 4.22. The highest BCUT2D eigenvalue weighted by Crippen LogP contribution is 2.21. The summed E-state index contributed by atoms with van der Waals surface area (Å²) in [5, 5.41) is 9.82. The summed E-state index contributed by atoms with van der Waals surface area (Å²) in [5.41, 5.74) is 1.08. The van der Waals surface area contributed by atoms with Gasteiger partial charge in [-0.05, 0) is 31.9 Å². The first-order valence-corrected chi connectivity index (χ1v) is 4.22. The lowest BCUT2D eigenvalue weighted by atomic mass is 9.98. The van der Waals surface area contributed by atoms with Crippen molar-refractivity contribution in [2.24, 2.45) is 0 Å². The van der Waals surface area contributed by atoms with E-state index in [-0.39, 0.29) is 0 Å². The van der Waals surface area contributed by atoms with Gasteiger partial charge in [-0.1, -0.05) is 13.0 Å². The fourth-order valence-corrected chi connectivity index (χ4v) is 0.968.